The largest absolute Gasteiger partial charge is 0.486 e. The van der Waals surface area contributed by atoms with Gasteiger partial charge in [-0.05, 0) is 19.1 Å². The van der Waals surface area contributed by atoms with Gasteiger partial charge in [0, 0.05) is 18.3 Å². The SMILES string of the molecule is CCn1cc(C(N)C2COc3ccccc3O2)cn1. The van der Waals surface area contributed by atoms with Crippen LogP contribution in [0.3, 0.4) is 0 Å². The van der Waals surface area contributed by atoms with E-state index in [1.165, 1.54) is 0 Å². The van der Waals surface area contributed by atoms with E-state index < -0.39 is 0 Å². The van der Waals surface area contributed by atoms with Gasteiger partial charge in [0.25, 0.3) is 0 Å². The van der Waals surface area contributed by atoms with Crippen LogP contribution in [0.15, 0.2) is 36.7 Å². The Hall–Kier alpha value is -2.01. The molecule has 1 aliphatic rings. The van der Waals surface area contributed by atoms with E-state index in [1.807, 2.05) is 42.1 Å². The second kappa shape index (κ2) is 4.93. The fraction of sp³-hybridized carbons (Fsp3) is 0.357. The number of fused-ring (bicyclic) bond motifs is 1. The highest BCUT2D eigenvalue weighted by Crippen LogP contribution is 2.33. The minimum absolute atomic E-state index is 0.190. The van der Waals surface area contributed by atoms with Crippen LogP contribution >= 0.6 is 0 Å². The van der Waals surface area contributed by atoms with Gasteiger partial charge in [0.2, 0.25) is 0 Å². The second-order valence-corrected chi connectivity index (χ2v) is 4.57. The summed E-state index contributed by atoms with van der Waals surface area (Å²) in [6.07, 6.45) is 3.55. The normalized spacial score (nSPS) is 19.2. The molecule has 100 valence electrons. The fourth-order valence-electron chi connectivity index (χ4n) is 2.15. The Kier molecular flexibility index (Phi) is 3.13. The van der Waals surface area contributed by atoms with Crippen LogP contribution in [0.2, 0.25) is 0 Å². The predicted octanol–water partition coefficient (Wildman–Crippen LogP) is 1.74. The van der Waals surface area contributed by atoms with Crippen molar-refractivity contribution in [1.82, 2.24) is 9.78 Å². The minimum Gasteiger partial charge on any atom is -0.486 e. The Morgan fingerprint density at radius 1 is 1.42 bits per heavy atom. The number of hydrogen-bond acceptors (Lipinski definition) is 4. The van der Waals surface area contributed by atoms with E-state index in [-0.39, 0.29) is 12.1 Å². The highest BCUT2D eigenvalue weighted by molar-refractivity contribution is 5.41. The van der Waals surface area contributed by atoms with Crippen LogP contribution in [0.4, 0.5) is 0 Å². The average molecular weight is 259 g/mol. The molecule has 0 saturated heterocycles. The van der Waals surface area contributed by atoms with Gasteiger partial charge in [-0.2, -0.15) is 5.10 Å². The zero-order chi connectivity index (χ0) is 13.2. The van der Waals surface area contributed by atoms with E-state index >= 15 is 0 Å². The Morgan fingerprint density at radius 3 is 2.95 bits per heavy atom. The topological polar surface area (TPSA) is 62.3 Å². The van der Waals surface area contributed by atoms with Crippen molar-refractivity contribution in [1.29, 1.82) is 0 Å². The first-order valence-corrected chi connectivity index (χ1v) is 6.44. The summed E-state index contributed by atoms with van der Waals surface area (Å²) in [5.41, 5.74) is 7.20. The van der Waals surface area contributed by atoms with Crippen LogP contribution in [0.25, 0.3) is 0 Å². The Morgan fingerprint density at radius 2 is 2.21 bits per heavy atom. The molecule has 0 radical (unpaired) electrons. The summed E-state index contributed by atoms with van der Waals surface area (Å²) >= 11 is 0. The first-order chi connectivity index (χ1) is 9.28. The molecule has 2 aromatic rings. The molecule has 2 atom stereocenters. The number of ether oxygens (including phenoxy) is 2. The van der Waals surface area contributed by atoms with Gasteiger partial charge in [-0.25, -0.2) is 0 Å². The van der Waals surface area contributed by atoms with Gasteiger partial charge in [-0.1, -0.05) is 12.1 Å². The summed E-state index contributed by atoms with van der Waals surface area (Å²) in [5, 5.41) is 4.24. The molecule has 19 heavy (non-hydrogen) atoms. The summed E-state index contributed by atoms with van der Waals surface area (Å²) in [4.78, 5) is 0. The van der Waals surface area contributed by atoms with Gasteiger partial charge in [-0.3, -0.25) is 4.68 Å². The van der Waals surface area contributed by atoms with Crippen LogP contribution in [0, 0.1) is 0 Å². The molecule has 2 unspecified atom stereocenters. The number of aromatic nitrogens is 2. The van der Waals surface area contributed by atoms with Crippen molar-refractivity contribution in [3.8, 4) is 11.5 Å². The van der Waals surface area contributed by atoms with Crippen molar-refractivity contribution in [3.63, 3.8) is 0 Å². The fourth-order valence-corrected chi connectivity index (χ4v) is 2.15. The number of para-hydroxylation sites is 2. The number of rotatable bonds is 3. The monoisotopic (exact) mass is 259 g/mol. The number of nitrogens with two attached hydrogens (primary N) is 1. The van der Waals surface area contributed by atoms with Crippen molar-refractivity contribution in [2.75, 3.05) is 6.61 Å². The average Bonchev–Trinajstić information content (AvgIpc) is 2.95. The summed E-state index contributed by atoms with van der Waals surface area (Å²) < 4.78 is 13.4. The van der Waals surface area contributed by atoms with Crippen LogP contribution < -0.4 is 15.2 Å². The number of nitrogens with zero attached hydrogens (tertiary/aromatic N) is 2. The maximum atomic E-state index is 6.24. The van der Waals surface area contributed by atoms with Gasteiger partial charge >= 0.3 is 0 Å². The lowest BCUT2D eigenvalue weighted by Crippen LogP contribution is -2.38. The quantitative estimate of drug-likeness (QED) is 0.912. The third kappa shape index (κ3) is 2.29. The molecule has 5 nitrogen and oxygen atoms in total. The molecule has 1 aromatic carbocycles. The van der Waals surface area contributed by atoms with Crippen LogP contribution in [0.5, 0.6) is 11.5 Å². The van der Waals surface area contributed by atoms with Gasteiger partial charge in [0.05, 0.1) is 12.2 Å². The van der Waals surface area contributed by atoms with Crippen molar-refractivity contribution in [2.24, 2.45) is 5.73 Å². The van der Waals surface area contributed by atoms with Gasteiger partial charge < -0.3 is 15.2 Å². The molecule has 2 N–H and O–H groups in total. The lowest BCUT2D eigenvalue weighted by Gasteiger charge is -2.29. The smallest absolute Gasteiger partial charge is 0.161 e. The van der Waals surface area contributed by atoms with E-state index in [1.54, 1.807) is 6.20 Å². The molecule has 1 aromatic heterocycles. The molecule has 0 aliphatic carbocycles. The Labute approximate surface area is 111 Å². The summed E-state index contributed by atoms with van der Waals surface area (Å²) in [7, 11) is 0. The predicted molar refractivity (Wildman–Crippen MR) is 71.2 cm³/mol. The van der Waals surface area contributed by atoms with E-state index in [0.717, 1.165) is 23.6 Å². The lowest BCUT2D eigenvalue weighted by atomic mass is 10.1. The molecule has 2 heterocycles. The lowest BCUT2D eigenvalue weighted by molar-refractivity contribution is 0.0721. The Bertz CT molecular complexity index is 567. The maximum Gasteiger partial charge on any atom is 0.161 e. The summed E-state index contributed by atoms with van der Waals surface area (Å²) in [5.74, 6) is 1.52. The molecular weight excluding hydrogens is 242 g/mol. The van der Waals surface area contributed by atoms with E-state index in [2.05, 4.69) is 5.10 Å². The van der Waals surface area contributed by atoms with Crippen molar-refractivity contribution in [3.05, 3.63) is 42.2 Å². The number of benzene rings is 1. The molecular formula is C14H17N3O2. The van der Waals surface area contributed by atoms with Gasteiger partial charge in [0.1, 0.15) is 6.61 Å². The molecule has 0 spiro atoms. The van der Waals surface area contributed by atoms with Crippen molar-refractivity contribution < 1.29 is 9.47 Å². The molecule has 0 bridgehead atoms. The second-order valence-electron chi connectivity index (χ2n) is 4.57. The van der Waals surface area contributed by atoms with E-state index in [9.17, 15) is 0 Å². The van der Waals surface area contributed by atoms with Crippen molar-refractivity contribution >= 4 is 0 Å². The molecule has 1 aliphatic heterocycles. The Balaban J connectivity index is 1.77. The molecule has 0 saturated carbocycles. The van der Waals surface area contributed by atoms with Crippen molar-refractivity contribution in [2.45, 2.75) is 25.6 Å². The number of hydrogen-bond donors (Lipinski definition) is 1. The molecule has 0 amide bonds. The molecule has 0 fully saturated rings. The molecule has 5 heteroatoms. The van der Waals surface area contributed by atoms with Gasteiger partial charge in [-0.15, -0.1) is 0 Å². The maximum absolute atomic E-state index is 6.24. The third-order valence-electron chi connectivity index (χ3n) is 3.29. The first-order valence-electron chi connectivity index (χ1n) is 6.44. The third-order valence-corrected chi connectivity index (χ3v) is 3.29. The summed E-state index contributed by atoms with van der Waals surface area (Å²) in [6.45, 7) is 3.33. The first kappa shape index (κ1) is 12.0. The standard InChI is InChI=1S/C14H17N3O2/c1-2-17-8-10(7-16-17)14(15)13-9-18-11-5-3-4-6-12(11)19-13/h3-8,13-14H,2,9,15H2,1H3. The summed E-state index contributed by atoms with van der Waals surface area (Å²) in [6, 6.07) is 7.39. The highest BCUT2D eigenvalue weighted by Gasteiger charge is 2.28. The zero-order valence-corrected chi connectivity index (χ0v) is 10.8. The van der Waals surface area contributed by atoms with E-state index in [0.29, 0.717) is 6.61 Å². The molecule has 3 rings (SSSR count). The minimum atomic E-state index is -0.242. The zero-order valence-electron chi connectivity index (χ0n) is 10.8. The van der Waals surface area contributed by atoms with Crippen LogP contribution in [-0.2, 0) is 6.54 Å². The highest BCUT2D eigenvalue weighted by atomic mass is 16.6. The number of aryl methyl sites for hydroxylation is 1. The van der Waals surface area contributed by atoms with E-state index in [4.69, 9.17) is 15.2 Å². The van der Waals surface area contributed by atoms with Gasteiger partial charge in [0.15, 0.2) is 17.6 Å². The van der Waals surface area contributed by atoms with Crippen LogP contribution in [0.1, 0.15) is 18.5 Å². The van der Waals surface area contributed by atoms with Crippen LogP contribution in [-0.4, -0.2) is 22.5 Å².